The van der Waals surface area contributed by atoms with Crippen molar-refractivity contribution >= 4 is 39.1 Å². The Balaban J connectivity index is 2.24. The Morgan fingerprint density at radius 1 is 1.26 bits per heavy atom. The second-order valence-corrected chi connectivity index (χ2v) is 7.55. The number of hydrogen-bond acceptors (Lipinski definition) is 4. The van der Waals surface area contributed by atoms with Crippen molar-refractivity contribution in [2.24, 2.45) is 0 Å². The second-order valence-electron chi connectivity index (χ2n) is 4.78. The fourth-order valence-corrected chi connectivity index (χ4v) is 3.29. The van der Waals surface area contributed by atoms with Crippen LogP contribution in [0.3, 0.4) is 0 Å². The highest BCUT2D eigenvalue weighted by Crippen LogP contribution is 2.27. The van der Waals surface area contributed by atoms with E-state index in [1.807, 2.05) is 6.92 Å². The molecule has 6 nitrogen and oxygen atoms in total. The number of nitrogens with one attached hydrogen (secondary N) is 2. The molecule has 0 aliphatic rings. The predicted octanol–water partition coefficient (Wildman–Crippen LogP) is 2.21. The zero-order valence-corrected chi connectivity index (χ0v) is 15.1. The van der Waals surface area contributed by atoms with Crippen molar-refractivity contribution in [3.05, 3.63) is 28.2 Å². The van der Waals surface area contributed by atoms with E-state index in [1.165, 1.54) is 6.07 Å². The number of rotatable bonds is 10. The minimum absolute atomic E-state index is 0.0929. The lowest BCUT2D eigenvalue weighted by Crippen LogP contribution is -2.37. The van der Waals surface area contributed by atoms with E-state index >= 15 is 0 Å². The Morgan fingerprint density at radius 3 is 2.65 bits per heavy atom. The van der Waals surface area contributed by atoms with Gasteiger partial charge in [0.1, 0.15) is 5.75 Å². The van der Waals surface area contributed by atoms with Crippen molar-refractivity contribution in [2.75, 3.05) is 25.4 Å². The molecule has 1 aromatic carbocycles. The number of hydrogen-bond donors (Lipinski definition) is 2. The molecule has 0 atom stereocenters. The van der Waals surface area contributed by atoms with Crippen LogP contribution in [0.5, 0.6) is 5.75 Å². The lowest BCUT2D eigenvalue weighted by atomic mass is 10.3. The zero-order chi connectivity index (χ0) is 17.3. The van der Waals surface area contributed by atoms with E-state index in [9.17, 15) is 13.2 Å². The molecule has 0 saturated heterocycles. The Hall–Kier alpha value is -1.02. The summed E-state index contributed by atoms with van der Waals surface area (Å²) in [5.74, 6) is 0.0746. The van der Waals surface area contributed by atoms with Gasteiger partial charge in [-0.05, 0) is 24.6 Å². The lowest BCUT2D eigenvalue weighted by molar-refractivity contribution is -0.123. The number of carbonyl (C=O) groups excluding carboxylic acids is 1. The van der Waals surface area contributed by atoms with Gasteiger partial charge < -0.3 is 10.1 Å². The molecule has 0 saturated carbocycles. The molecular formula is C14H20Cl2N2O4S. The lowest BCUT2D eigenvalue weighted by Gasteiger charge is -2.10. The molecule has 1 aromatic rings. The number of carbonyl (C=O) groups is 1. The Bertz CT molecular complexity index is 623. The van der Waals surface area contributed by atoms with Crippen molar-refractivity contribution in [1.29, 1.82) is 0 Å². The van der Waals surface area contributed by atoms with Gasteiger partial charge in [-0.2, -0.15) is 0 Å². The Kier molecular flexibility index (Phi) is 8.68. The fourth-order valence-electron chi connectivity index (χ4n) is 1.60. The van der Waals surface area contributed by atoms with Crippen LogP contribution in [0.1, 0.15) is 19.8 Å². The van der Waals surface area contributed by atoms with Gasteiger partial charge in [-0.3, -0.25) is 4.79 Å². The van der Waals surface area contributed by atoms with Gasteiger partial charge in [0.15, 0.2) is 6.61 Å². The van der Waals surface area contributed by atoms with Gasteiger partial charge in [-0.25, -0.2) is 13.1 Å². The van der Waals surface area contributed by atoms with E-state index in [0.717, 1.165) is 6.42 Å². The maximum Gasteiger partial charge on any atom is 0.257 e. The molecule has 0 bridgehead atoms. The first-order chi connectivity index (χ1) is 10.8. The van der Waals surface area contributed by atoms with E-state index in [2.05, 4.69) is 10.0 Å². The van der Waals surface area contributed by atoms with Crippen LogP contribution < -0.4 is 14.8 Å². The standard InChI is InChI=1S/C14H20Cl2N2O4S/c1-2-3-8-23(20,21)18-7-6-17-14(19)10-22-13-5-4-11(15)9-12(13)16/h4-5,9,18H,2-3,6-8,10H2,1H3,(H,17,19). The van der Waals surface area contributed by atoms with Gasteiger partial charge in [0.2, 0.25) is 10.0 Å². The summed E-state index contributed by atoms with van der Waals surface area (Å²) in [7, 11) is -3.27. The average Bonchev–Trinajstić information content (AvgIpc) is 2.49. The third kappa shape index (κ3) is 8.41. The SMILES string of the molecule is CCCCS(=O)(=O)NCCNC(=O)COc1ccc(Cl)cc1Cl. The molecule has 2 N–H and O–H groups in total. The van der Waals surface area contributed by atoms with E-state index in [-0.39, 0.29) is 31.4 Å². The predicted molar refractivity (Wildman–Crippen MR) is 91.7 cm³/mol. The Morgan fingerprint density at radius 2 is 2.00 bits per heavy atom. The highest BCUT2D eigenvalue weighted by molar-refractivity contribution is 7.89. The smallest absolute Gasteiger partial charge is 0.257 e. The highest BCUT2D eigenvalue weighted by atomic mass is 35.5. The summed E-state index contributed by atoms with van der Waals surface area (Å²) in [6.07, 6.45) is 1.42. The topological polar surface area (TPSA) is 84.5 Å². The van der Waals surface area contributed by atoms with E-state index in [0.29, 0.717) is 22.2 Å². The van der Waals surface area contributed by atoms with E-state index in [4.69, 9.17) is 27.9 Å². The second kappa shape index (κ2) is 9.97. The van der Waals surface area contributed by atoms with Crippen molar-refractivity contribution in [3.63, 3.8) is 0 Å². The summed E-state index contributed by atoms with van der Waals surface area (Å²) in [6, 6.07) is 4.69. The van der Waals surface area contributed by atoms with Gasteiger partial charge in [-0.15, -0.1) is 0 Å². The number of unbranched alkanes of at least 4 members (excludes halogenated alkanes) is 1. The number of halogens is 2. The summed E-state index contributed by atoms with van der Waals surface area (Å²) in [6.45, 7) is 2.02. The van der Waals surface area contributed by atoms with Crippen LogP contribution in [0.4, 0.5) is 0 Å². The van der Waals surface area contributed by atoms with Crippen LogP contribution in [0.15, 0.2) is 18.2 Å². The van der Waals surface area contributed by atoms with Gasteiger partial charge in [0, 0.05) is 18.1 Å². The van der Waals surface area contributed by atoms with Crippen LogP contribution in [0, 0.1) is 0 Å². The first-order valence-corrected chi connectivity index (χ1v) is 9.57. The maximum absolute atomic E-state index is 11.6. The number of amides is 1. The van der Waals surface area contributed by atoms with Gasteiger partial charge >= 0.3 is 0 Å². The summed E-state index contributed by atoms with van der Waals surface area (Å²) in [5.41, 5.74) is 0. The number of benzene rings is 1. The van der Waals surface area contributed by atoms with Crippen LogP contribution in [-0.2, 0) is 14.8 Å². The fraction of sp³-hybridized carbons (Fsp3) is 0.500. The van der Waals surface area contributed by atoms with Crippen LogP contribution >= 0.6 is 23.2 Å². The number of ether oxygens (including phenoxy) is 1. The van der Waals surface area contributed by atoms with Crippen molar-refractivity contribution < 1.29 is 17.9 Å². The summed E-state index contributed by atoms with van der Waals surface area (Å²) >= 11 is 11.7. The molecule has 0 aliphatic heterocycles. The monoisotopic (exact) mass is 382 g/mol. The molecule has 0 spiro atoms. The molecule has 1 rings (SSSR count). The van der Waals surface area contributed by atoms with E-state index < -0.39 is 10.0 Å². The number of sulfonamides is 1. The van der Waals surface area contributed by atoms with Gasteiger partial charge in [0.25, 0.3) is 5.91 Å². The summed E-state index contributed by atoms with van der Waals surface area (Å²) in [5, 5.41) is 3.34. The van der Waals surface area contributed by atoms with Gasteiger partial charge in [-0.1, -0.05) is 36.5 Å². The van der Waals surface area contributed by atoms with Crippen molar-refractivity contribution in [2.45, 2.75) is 19.8 Å². The van der Waals surface area contributed by atoms with Crippen molar-refractivity contribution in [3.8, 4) is 5.75 Å². The van der Waals surface area contributed by atoms with Crippen LogP contribution in [0.2, 0.25) is 10.0 Å². The molecule has 0 aromatic heterocycles. The molecule has 0 unspecified atom stereocenters. The van der Waals surface area contributed by atoms with E-state index in [1.54, 1.807) is 12.1 Å². The highest BCUT2D eigenvalue weighted by Gasteiger charge is 2.09. The minimum atomic E-state index is -3.27. The third-order valence-electron chi connectivity index (χ3n) is 2.79. The van der Waals surface area contributed by atoms with Crippen LogP contribution in [0.25, 0.3) is 0 Å². The van der Waals surface area contributed by atoms with Crippen LogP contribution in [-0.4, -0.2) is 39.8 Å². The molecule has 130 valence electrons. The molecule has 0 fully saturated rings. The molecule has 1 amide bonds. The average molecular weight is 383 g/mol. The molecule has 23 heavy (non-hydrogen) atoms. The first-order valence-electron chi connectivity index (χ1n) is 7.16. The third-order valence-corrected chi connectivity index (χ3v) is 4.79. The Labute approximate surface area is 146 Å². The normalized spacial score (nSPS) is 11.3. The zero-order valence-electron chi connectivity index (χ0n) is 12.8. The summed E-state index contributed by atoms with van der Waals surface area (Å²) in [4.78, 5) is 11.6. The summed E-state index contributed by atoms with van der Waals surface area (Å²) < 4.78 is 30.8. The molecular weight excluding hydrogens is 363 g/mol. The molecule has 0 aliphatic carbocycles. The molecule has 0 heterocycles. The molecule has 9 heteroatoms. The van der Waals surface area contributed by atoms with Crippen molar-refractivity contribution in [1.82, 2.24) is 10.0 Å². The first kappa shape index (κ1) is 20.0. The quantitative estimate of drug-likeness (QED) is 0.607. The minimum Gasteiger partial charge on any atom is -0.482 e. The largest absolute Gasteiger partial charge is 0.482 e. The van der Waals surface area contributed by atoms with Gasteiger partial charge in [0.05, 0.1) is 10.8 Å². The molecule has 0 radical (unpaired) electrons. The maximum atomic E-state index is 11.6.